The number of oxazole rings is 1. The smallest absolute Gasteiger partial charge is 0.335 e. The number of fused-ring (bicyclic) bond motifs is 1. The number of carbonyl (C=O) groups excluding carboxylic acids is 1. The highest BCUT2D eigenvalue weighted by atomic mass is 16.6. The zero-order valence-electron chi connectivity index (χ0n) is 22.4. The van der Waals surface area contributed by atoms with E-state index >= 15 is 0 Å². The molecule has 0 saturated heterocycles. The topological polar surface area (TPSA) is 70.8 Å². The molecule has 0 N–H and O–H groups in total. The Kier molecular flexibility index (Phi) is 9.33. The fraction of sp³-hybridized carbons (Fsp3) is 0.312. The number of rotatable bonds is 13. The molecule has 4 rings (SSSR count). The Bertz CT molecular complexity index is 1380. The van der Waals surface area contributed by atoms with Gasteiger partial charge in [-0.2, -0.15) is 0 Å². The quantitative estimate of drug-likeness (QED) is 0.147. The molecule has 1 unspecified atom stereocenters. The summed E-state index contributed by atoms with van der Waals surface area (Å²) in [6.07, 6.45) is 2.85. The van der Waals surface area contributed by atoms with Crippen LogP contribution < -0.4 is 4.74 Å². The minimum atomic E-state index is -0.666. The lowest BCUT2D eigenvalue weighted by Crippen LogP contribution is -2.29. The van der Waals surface area contributed by atoms with Crippen molar-refractivity contribution in [2.75, 3.05) is 19.8 Å². The number of aromatic nitrogens is 1. The molecular formula is C32H35NO5. The van der Waals surface area contributed by atoms with Crippen molar-refractivity contribution in [3.63, 3.8) is 0 Å². The lowest BCUT2D eigenvalue weighted by atomic mass is 9.94. The fourth-order valence-corrected chi connectivity index (χ4v) is 4.59. The van der Waals surface area contributed by atoms with E-state index in [1.54, 1.807) is 6.92 Å². The molecule has 0 aliphatic carbocycles. The number of esters is 1. The van der Waals surface area contributed by atoms with Crippen molar-refractivity contribution >= 4 is 16.7 Å². The summed E-state index contributed by atoms with van der Waals surface area (Å²) in [5.74, 6) is 1.88. The van der Waals surface area contributed by atoms with Crippen molar-refractivity contribution in [3.8, 4) is 17.2 Å². The molecule has 0 fully saturated rings. The first-order valence-electron chi connectivity index (χ1n) is 13.1. The van der Waals surface area contributed by atoms with Crippen LogP contribution in [0.4, 0.5) is 0 Å². The second-order valence-corrected chi connectivity index (χ2v) is 8.95. The predicted molar refractivity (Wildman–Crippen MR) is 149 cm³/mol. The fourth-order valence-electron chi connectivity index (χ4n) is 4.59. The molecule has 1 heterocycles. The van der Waals surface area contributed by atoms with Gasteiger partial charge in [0.15, 0.2) is 6.10 Å². The van der Waals surface area contributed by atoms with E-state index in [0.717, 1.165) is 44.7 Å². The largest absolute Gasteiger partial charge is 0.492 e. The molecule has 38 heavy (non-hydrogen) atoms. The highest BCUT2D eigenvalue weighted by Gasteiger charge is 2.23. The van der Waals surface area contributed by atoms with Gasteiger partial charge in [-0.05, 0) is 55.8 Å². The van der Waals surface area contributed by atoms with Crippen LogP contribution in [-0.2, 0) is 33.5 Å². The molecule has 0 bridgehead atoms. The Morgan fingerprint density at radius 3 is 2.47 bits per heavy atom. The SMILES string of the molecule is C=CCc1cc(CC(OCC)C(=O)OCC)c2ccccc2c1OCCc1nc(-c2ccccc2)oc1C. The van der Waals surface area contributed by atoms with E-state index in [2.05, 4.69) is 24.8 Å². The Morgan fingerprint density at radius 2 is 1.76 bits per heavy atom. The Hall–Kier alpha value is -3.90. The van der Waals surface area contributed by atoms with Gasteiger partial charge in [-0.3, -0.25) is 0 Å². The van der Waals surface area contributed by atoms with Crippen LogP contribution in [0.5, 0.6) is 5.75 Å². The third kappa shape index (κ3) is 6.32. The van der Waals surface area contributed by atoms with Gasteiger partial charge < -0.3 is 18.6 Å². The van der Waals surface area contributed by atoms with E-state index in [4.69, 9.17) is 23.6 Å². The van der Waals surface area contributed by atoms with Crippen molar-refractivity contribution in [2.24, 2.45) is 0 Å². The third-order valence-electron chi connectivity index (χ3n) is 6.34. The summed E-state index contributed by atoms with van der Waals surface area (Å²) in [7, 11) is 0. The van der Waals surface area contributed by atoms with Crippen LogP contribution >= 0.6 is 0 Å². The summed E-state index contributed by atoms with van der Waals surface area (Å²) in [6, 6.07) is 20.1. The normalized spacial score (nSPS) is 11.9. The molecular weight excluding hydrogens is 478 g/mol. The Labute approximate surface area is 224 Å². The van der Waals surface area contributed by atoms with Crippen LogP contribution in [0, 0.1) is 6.92 Å². The number of hydrogen-bond acceptors (Lipinski definition) is 6. The molecule has 6 heteroatoms. The van der Waals surface area contributed by atoms with E-state index in [1.807, 2.05) is 62.4 Å². The predicted octanol–water partition coefficient (Wildman–Crippen LogP) is 6.66. The van der Waals surface area contributed by atoms with Gasteiger partial charge in [-0.1, -0.05) is 54.6 Å². The third-order valence-corrected chi connectivity index (χ3v) is 6.34. The average molecular weight is 514 g/mol. The molecule has 0 aliphatic heterocycles. The maximum atomic E-state index is 12.5. The minimum Gasteiger partial charge on any atom is -0.492 e. The molecule has 4 aromatic rings. The highest BCUT2D eigenvalue weighted by molar-refractivity contribution is 5.93. The van der Waals surface area contributed by atoms with Crippen LogP contribution in [0.15, 0.2) is 77.7 Å². The van der Waals surface area contributed by atoms with Crippen LogP contribution in [0.2, 0.25) is 0 Å². The number of nitrogens with zero attached hydrogens (tertiary/aromatic N) is 1. The summed E-state index contributed by atoms with van der Waals surface area (Å²) >= 11 is 0. The lowest BCUT2D eigenvalue weighted by Gasteiger charge is -2.20. The van der Waals surface area contributed by atoms with Crippen LogP contribution in [0.25, 0.3) is 22.2 Å². The Balaban J connectivity index is 1.60. The number of carbonyl (C=O) groups is 1. The van der Waals surface area contributed by atoms with Crippen molar-refractivity contribution in [2.45, 2.75) is 46.1 Å². The van der Waals surface area contributed by atoms with Crippen LogP contribution in [0.1, 0.15) is 36.4 Å². The lowest BCUT2D eigenvalue weighted by molar-refractivity contribution is -0.156. The molecule has 198 valence electrons. The minimum absolute atomic E-state index is 0.315. The van der Waals surface area contributed by atoms with Crippen molar-refractivity contribution in [1.29, 1.82) is 0 Å². The first-order valence-corrected chi connectivity index (χ1v) is 13.1. The molecule has 1 atom stereocenters. The van der Waals surface area contributed by atoms with E-state index in [9.17, 15) is 4.79 Å². The van der Waals surface area contributed by atoms with Crippen LogP contribution in [0.3, 0.4) is 0 Å². The second kappa shape index (κ2) is 13.1. The van der Waals surface area contributed by atoms with Gasteiger partial charge in [0.05, 0.1) is 18.9 Å². The number of ether oxygens (including phenoxy) is 3. The molecule has 6 nitrogen and oxygen atoms in total. The summed E-state index contributed by atoms with van der Waals surface area (Å²) in [4.78, 5) is 17.3. The molecule has 0 saturated carbocycles. The summed E-state index contributed by atoms with van der Waals surface area (Å²) in [6.45, 7) is 10.7. The summed E-state index contributed by atoms with van der Waals surface area (Å²) in [5, 5.41) is 2.01. The summed E-state index contributed by atoms with van der Waals surface area (Å²) in [5.41, 5.74) is 3.85. The van der Waals surface area contributed by atoms with E-state index in [0.29, 0.717) is 45.0 Å². The number of benzene rings is 3. The summed E-state index contributed by atoms with van der Waals surface area (Å²) < 4.78 is 23.3. The molecule has 0 aliphatic rings. The number of hydrogen-bond donors (Lipinski definition) is 0. The van der Waals surface area contributed by atoms with Gasteiger partial charge in [-0.25, -0.2) is 9.78 Å². The molecule has 3 aromatic carbocycles. The molecule has 0 radical (unpaired) electrons. The maximum Gasteiger partial charge on any atom is 0.335 e. The van der Waals surface area contributed by atoms with Crippen molar-refractivity contribution < 1.29 is 23.4 Å². The van der Waals surface area contributed by atoms with Crippen molar-refractivity contribution in [3.05, 3.63) is 95.9 Å². The van der Waals surface area contributed by atoms with Gasteiger partial charge in [0.25, 0.3) is 0 Å². The van der Waals surface area contributed by atoms with Gasteiger partial charge >= 0.3 is 5.97 Å². The van der Waals surface area contributed by atoms with E-state index in [-0.39, 0.29) is 5.97 Å². The molecule has 0 spiro atoms. The monoisotopic (exact) mass is 513 g/mol. The first-order chi connectivity index (χ1) is 18.5. The van der Waals surface area contributed by atoms with E-state index < -0.39 is 6.10 Å². The zero-order chi connectivity index (χ0) is 26.9. The number of allylic oxidation sites excluding steroid dienone is 1. The highest BCUT2D eigenvalue weighted by Crippen LogP contribution is 2.35. The van der Waals surface area contributed by atoms with Crippen LogP contribution in [-0.4, -0.2) is 36.9 Å². The Morgan fingerprint density at radius 1 is 1.03 bits per heavy atom. The molecule has 1 aromatic heterocycles. The van der Waals surface area contributed by atoms with Gasteiger partial charge in [0.2, 0.25) is 5.89 Å². The van der Waals surface area contributed by atoms with Gasteiger partial charge in [0, 0.05) is 30.4 Å². The zero-order valence-corrected chi connectivity index (χ0v) is 22.4. The average Bonchev–Trinajstić information content (AvgIpc) is 3.31. The van der Waals surface area contributed by atoms with E-state index in [1.165, 1.54) is 0 Å². The van der Waals surface area contributed by atoms with Gasteiger partial charge in [0.1, 0.15) is 11.5 Å². The first kappa shape index (κ1) is 27.1. The van der Waals surface area contributed by atoms with Gasteiger partial charge in [-0.15, -0.1) is 6.58 Å². The maximum absolute atomic E-state index is 12.5. The standard InChI is InChI=1S/C32H35NO5/c1-5-13-24-20-25(21-29(35-6-2)32(34)36-7-3)26-16-11-12-17-27(26)30(24)37-19-18-28-22(4)38-31(33-28)23-14-9-8-10-15-23/h5,8-12,14-17,20,29H,1,6-7,13,18-19,21H2,2-4H3. The number of aryl methyl sites for hydroxylation is 1. The second-order valence-electron chi connectivity index (χ2n) is 8.95. The molecule has 0 amide bonds. The van der Waals surface area contributed by atoms with Crippen molar-refractivity contribution in [1.82, 2.24) is 4.98 Å².